The lowest BCUT2D eigenvalue weighted by molar-refractivity contribution is 0.171. The quantitative estimate of drug-likeness (QED) is 0.373. The summed E-state index contributed by atoms with van der Waals surface area (Å²) in [6.07, 6.45) is 2.64. The van der Waals surface area contributed by atoms with Crippen molar-refractivity contribution in [1.82, 2.24) is 0 Å². The van der Waals surface area contributed by atoms with Crippen LogP contribution in [-0.4, -0.2) is 12.5 Å². The third-order valence-corrected chi connectivity index (χ3v) is 3.79. The van der Waals surface area contributed by atoms with Crippen molar-refractivity contribution >= 4 is 29.1 Å². The minimum Gasteiger partial charge on any atom is -0.398 e. The molecule has 0 unspecified atom stereocenters. The zero-order chi connectivity index (χ0) is 10.7. The molecule has 0 heterocycles. The van der Waals surface area contributed by atoms with Gasteiger partial charge in [0.25, 0.3) is 0 Å². The normalized spacial score (nSPS) is 15.5. The second-order valence-electron chi connectivity index (χ2n) is 3.73. The predicted octanol–water partition coefficient (Wildman–Crippen LogP) is 3.40. The van der Waals surface area contributed by atoms with Gasteiger partial charge in [0.2, 0.25) is 0 Å². The highest BCUT2D eigenvalue weighted by Gasteiger charge is 2.21. The van der Waals surface area contributed by atoms with E-state index in [0.29, 0.717) is 11.0 Å². The predicted molar refractivity (Wildman–Crippen MR) is 65.3 cm³/mol. The Hall–Kier alpha value is -0.380. The molecule has 1 aromatic carbocycles. The van der Waals surface area contributed by atoms with Crippen molar-refractivity contribution in [2.24, 2.45) is 5.92 Å². The Morgan fingerprint density at radius 2 is 2.27 bits per heavy atom. The molecule has 0 bridgehead atoms. The molecule has 1 fully saturated rings. The zero-order valence-electron chi connectivity index (χ0n) is 8.41. The number of rotatable bonds is 5. The fourth-order valence-electron chi connectivity index (χ4n) is 1.28. The lowest BCUT2D eigenvalue weighted by atomic mass is 10.3. The molecule has 2 nitrogen and oxygen atoms in total. The number of hydrogen-bond acceptors (Lipinski definition) is 3. The Balaban J connectivity index is 1.80. The van der Waals surface area contributed by atoms with Crippen molar-refractivity contribution in [2.45, 2.75) is 17.7 Å². The molecule has 2 rings (SSSR count). The van der Waals surface area contributed by atoms with Crippen LogP contribution in [0.5, 0.6) is 0 Å². The Kier molecular flexibility index (Phi) is 3.78. The van der Waals surface area contributed by atoms with Crippen LogP contribution in [0.4, 0.5) is 5.69 Å². The topological polar surface area (TPSA) is 35.2 Å². The molecule has 0 atom stereocenters. The summed E-state index contributed by atoms with van der Waals surface area (Å²) in [5.41, 5.74) is 6.54. The SMILES string of the molecule is Nc1cccc(Cl)c1SCOCC1CC1. The maximum Gasteiger partial charge on any atom is 0.0968 e. The zero-order valence-corrected chi connectivity index (χ0v) is 9.98. The van der Waals surface area contributed by atoms with Crippen LogP contribution in [0.25, 0.3) is 0 Å². The van der Waals surface area contributed by atoms with E-state index in [9.17, 15) is 0 Å². The number of benzene rings is 1. The first-order valence-electron chi connectivity index (χ1n) is 5.02. The van der Waals surface area contributed by atoms with E-state index in [-0.39, 0.29) is 0 Å². The standard InChI is InChI=1S/C11H14ClNOS/c12-9-2-1-3-10(13)11(9)15-7-14-6-8-4-5-8/h1-3,8H,4-7,13H2. The monoisotopic (exact) mass is 243 g/mol. The molecular formula is C11H14ClNOS. The van der Waals surface area contributed by atoms with Gasteiger partial charge in [-0.3, -0.25) is 0 Å². The summed E-state index contributed by atoms with van der Waals surface area (Å²) in [7, 11) is 0. The van der Waals surface area contributed by atoms with Gasteiger partial charge in [0.1, 0.15) is 0 Å². The highest BCUT2D eigenvalue weighted by Crippen LogP contribution is 2.33. The molecule has 1 aromatic rings. The third-order valence-electron chi connectivity index (χ3n) is 2.33. The van der Waals surface area contributed by atoms with Gasteiger partial charge in [0.15, 0.2) is 0 Å². The number of thioether (sulfide) groups is 1. The van der Waals surface area contributed by atoms with Gasteiger partial charge in [-0.15, -0.1) is 0 Å². The largest absolute Gasteiger partial charge is 0.398 e. The van der Waals surface area contributed by atoms with Gasteiger partial charge >= 0.3 is 0 Å². The van der Waals surface area contributed by atoms with Crippen LogP contribution in [0.1, 0.15) is 12.8 Å². The van der Waals surface area contributed by atoms with Gasteiger partial charge in [-0.1, -0.05) is 29.4 Å². The van der Waals surface area contributed by atoms with Crippen LogP contribution >= 0.6 is 23.4 Å². The lowest BCUT2D eigenvalue weighted by Gasteiger charge is -2.07. The van der Waals surface area contributed by atoms with Crippen LogP contribution in [0.2, 0.25) is 5.02 Å². The molecule has 0 radical (unpaired) electrons. The Bertz CT molecular complexity index is 321. The first-order chi connectivity index (χ1) is 7.27. The molecule has 15 heavy (non-hydrogen) atoms. The minimum absolute atomic E-state index is 0.629. The van der Waals surface area contributed by atoms with E-state index in [1.54, 1.807) is 11.8 Å². The number of halogens is 1. The van der Waals surface area contributed by atoms with Crippen molar-refractivity contribution in [3.05, 3.63) is 23.2 Å². The second-order valence-corrected chi connectivity index (χ2v) is 5.07. The highest BCUT2D eigenvalue weighted by molar-refractivity contribution is 7.99. The van der Waals surface area contributed by atoms with Gasteiger partial charge in [-0.25, -0.2) is 0 Å². The van der Waals surface area contributed by atoms with Crippen LogP contribution in [0.3, 0.4) is 0 Å². The van der Waals surface area contributed by atoms with Gasteiger partial charge in [0.05, 0.1) is 22.5 Å². The molecule has 2 N–H and O–H groups in total. The van der Waals surface area contributed by atoms with E-state index in [1.807, 2.05) is 18.2 Å². The molecule has 0 amide bonds. The van der Waals surface area contributed by atoms with Crippen LogP contribution in [-0.2, 0) is 4.74 Å². The van der Waals surface area contributed by atoms with E-state index in [0.717, 1.165) is 23.1 Å². The second kappa shape index (κ2) is 5.10. The number of nitrogen functional groups attached to an aromatic ring is 1. The van der Waals surface area contributed by atoms with Crippen LogP contribution in [0.15, 0.2) is 23.1 Å². The van der Waals surface area contributed by atoms with Crippen LogP contribution in [0, 0.1) is 5.92 Å². The molecule has 1 saturated carbocycles. The Labute approximate surface area is 99.1 Å². The summed E-state index contributed by atoms with van der Waals surface area (Å²) in [6, 6.07) is 5.56. The van der Waals surface area contributed by atoms with Crippen LogP contribution < -0.4 is 5.73 Å². The molecule has 0 spiro atoms. The van der Waals surface area contributed by atoms with Crippen molar-refractivity contribution in [3.63, 3.8) is 0 Å². The van der Waals surface area contributed by atoms with Crippen molar-refractivity contribution < 1.29 is 4.74 Å². The first-order valence-corrected chi connectivity index (χ1v) is 6.38. The average Bonchev–Trinajstić information content (AvgIpc) is 3.00. The summed E-state index contributed by atoms with van der Waals surface area (Å²) in [5.74, 6) is 1.43. The minimum atomic E-state index is 0.629. The van der Waals surface area contributed by atoms with Gasteiger partial charge in [-0.2, -0.15) is 0 Å². The number of ether oxygens (including phenoxy) is 1. The van der Waals surface area contributed by atoms with Gasteiger partial charge in [0, 0.05) is 5.69 Å². The average molecular weight is 244 g/mol. The van der Waals surface area contributed by atoms with E-state index in [1.165, 1.54) is 12.8 Å². The third kappa shape index (κ3) is 3.30. The maximum absolute atomic E-state index is 6.03. The summed E-state index contributed by atoms with van der Waals surface area (Å²) >= 11 is 7.59. The smallest absolute Gasteiger partial charge is 0.0968 e. The van der Waals surface area contributed by atoms with Crippen molar-refractivity contribution in [1.29, 1.82) is 0 Å². The van der Waals surface area contributed by atoms with Gasteiger partial charge in [-0.05, 0) is 30.9 Å². The molecule has 1 aliphatic carbocycles. The molecule has 0 saturated heterocycles. The molecule has 1 aliphatic rings. The number of nitrogens with two attached hydrogens (primary N) is 1. The summed E-state index contributed by atoms with van der Waals surface area (Å²) in [4.78, 5) is 0.926. The van der Waals surface area contributed by atoms with E-state index in [2.05, 4.69) is 0 Å². The lowest BCUT2D eigenvalue weighted by Crippen LogP contribution is -1.96. The molecule has 0 aliphatic heterocycles. The Morgan fingerprint density at radius 1 is 1.47 bits per heavy atom. The summed E-state index contributed by atoms with van der Waals surface area (Å²) in [5, 5.41) is 0.704. The first kappa shape index (κ1) is 11.1. The van der Waals surface area contributed by atoms with E-state index < -0.39 is 0 Å². The highest BCUT2D eigenvalue weighted by atomic mass is 35.5. The van der Waals surface area contributed by atoms with Gasteiger partial charge < -0.3 is 10.5 Å². The number of hydrogen-bond donors (Lipinski definition) is 1. The molecule has 0 aromatic heterocycles. The van der Waals surface area contributed by atoms with Crippen molar-refractivity contribution in [3.8, 4) is 0 Å². The molecular weight excluding hydrogens is 230 g/mol. The Morgan fingerprint density at radius 3 is 2.93 bits per heavy atom. The molecule has 82 valence electrons. The van der Waals surface area contributed by atoms with E-state index in [4.69, 9.17) is 22.1 Å². The maximum atomic E-state index is 6.03. The molecule has 4 heteroatoms. The number of anilines is 1. The van der Waals surface area contributed by atoms with Crippen molar-refractivity contribution in [2.75, 3.05) is 18.3 Å². The fourth-order valence-corrected chi connectivity index (χ4v) is 2.36. The fraction of sp³-hybridized carbons (Fsp3) is 0.455. The van der Waals surface area contributed by atoms with E-state index >= 15 is 0 Å². The summed E-state index contributed by atoms with van der Waals surface area (Å²) in [6.45, 7) is 0.872. The summed E-state index contributed by atoms with van der Waals surface area (Å²) < 4.78 is 5.52.